The first-order valence-electron chi connectivity index (χ1n) is 9.68. The second-order valence-corrected chi connectivity index (χ2v) is 7.51. The fourth-order valence-electron chi connectivity index (χ4n) is 3.69. The number of carbonyl (C=O) groups excluding carboxylic acids is 1. The Morgan fingerprint density at radius 3 is 2.92 bits per heavy atom. The summed E-state index contributed by atoms with van der Waals surface area (Å²) in [7, 11) is 0. The third-order valence-electron chi connectivity index (χ3n) is 5.22. The topological polar surface area (TPSA) is 83.1 Å². The summed E-state index contributed by atoms with van der Waals surface area (Å²) in [6, 6.07) is 0.352. The van der Waals surface area contributed by atoms with Crippen molar-refractivity contribution in [3.8, 4) is 0 Å². The lowest BCUT2D eigenvalue weighted by molar-refractivity contribution is -0.125. The normalized spacial score (nSPS) is 28.0. The van der Waals surface area contributed by atoms with E-state index in [9.17, 15) is 4.79 Å². The molecule has 1 aromatic rings. The molecule has 1 amide bonds. The fraction of sp³-hybridized carbons (Fsp3) is 0.833. The van der Waals surface area contributed by atoms with Crippen molar-refractivity contribution in [2.45, 2.75) is 64.5 Å². The van der Waals surface area contributed by atoms with Gasteiger partial charge in [-0.3, -0.25) is 14.8 Å². The quantitative estimate of drug-likeness (QED) is 0.819. The van der Waals surface area contributed by atoms with Crippen molar-refractivity contribution < 1.29 is 9.53 Å². The fourth-order valence-corrected chi connectivity index (χ4v) is 3.69. The molecule has 0 bridgehead atoms. The first-order chi connectivity index (χ1) is 12.1. The van der Waals surface area contributed by atoms with Crippen LogP contribution in [0.2, 0.25) is 0 Å². The minimum absolute atomic E-state index is 0.127. The van der Waals surface area contributed by atoms with Gasteiger partial charge >= 0.3 is 0 Å². The highest BCUT2D eigenvalue weighted by Crippen LogP contribution is 2.23. The molecule has 25 heavy (non-hydrogen) atoms. The molecule has 7 nitrogen and oxygen atoms in total. The molecule has 3 rings (SSSR count). The number of morpholine rings is 1. The van der Waals surface area contributed by atoms with E-state index in [0.29, 0.717) is 31.6 Å². The van der Waals surface area contributed by atoms with Gasteiger partial charge in [-0.1, -0.05) is 13.8 Å². The Morgan fingerprint density at radius 2 is 2.16 bits per heavy atom. The standard InChI is InChI=1S/C18H31N5O2/c1-3-4-16-20-18(22-21-16)15-11-23(9-10-25-15)12-17(24)19-14-7-5-13(2)6-8-14/h13-15H,3-12H2,1-2H3,(H,19,24)(H,20,21,22)/t13?,14?,15-/m1/s1. The first-order valence-corrected chi connectivity index (χ1v) is 9.68. The molecule has 1 aromatic heterocycles. The van der Waals surface area contributed by atoms with Crippen LogP contribution in [0.5, 0.6) is 0 Å². The Labute approximate surface area is 149 Å². The van der Waals surface area contributed by atoms with Crippen LogP contribution >= 0.6 is 0 Å². The van der Waals surface area contributed by atoms with Gasteiger partial charge in [-0.15, -0.1) is 0 Å². The lowest BCUT2D eigenvalue weighted by Crippen LogP contribution is -2.47. The van der Waals surface area contributed by atoms with E-state index in [1.165, 1.54) is 12.8 Å². The second kappa shape index (κ2) is 8.76. The number of hydrogen-bond donors (Lipinski definition) is 2. The number of nitrogens with zero attached hydrogens (tertiary/aromatic N) is 3. The van der Waals surface area contributed by atoms with Gasteiger partial charge in [0, 0.05) is 25.6 Å². The molecule has 0 unspecified atom stereocenters. The number of nitrogens with one attached hydrogen (secondary N) is 2. The van der Waals surface area contributed by atoms with Gasteiger partial charge in [0.05, 0.1) is 13.2 Å². The summed E-state index contributed by atoms with van der Waals surface area (Å²) in [6.45, 7) is 6.89. The smallest absolute Gasteiger partial charge is 0.234 e. The van der Waals surface area contributed by atoms with E-state index < -0.39 is 0 Å². The van der Waals surface area contributed by atoms with Gasteiger partial charge in [0.25, 0.3) is 0 Å². The molecule has 140 valence electrons. The van der Waals surface area contributed by atoms with Crippen molar-refractivity contribution in [1.29, 1.82) is 0 Å². The molecular formula is C18H31N5O2. The molecule has 1 saturated carbocycles. The van der Waals surface area contributed by atoms with Crippen LogP contribution in [-0.2, 0) is 16.0 Å². The van der Waals surface area contributed by atoms with Crippen molar-refractivity contribution in [3.05, 3.63) is 11.6 Å². The molecule has 2 N–H and O–H groups in total. The van der Waals surface area contributed by atoms with Gasteiger partial charge in [-0.2, -0.15) is 5.10 Å². The molecule has 2 aliphatic rings. The molecule has 2 fully saturated rings. The van der Waals surface area contributed by atoms with Crippen LogP contribution in [0.3, 0.4) is 0 Å². The lowest BCUT2D eigenvalue weighted by Gasteiger charge is -2.32. The molecule has 0 aromatic carbocycles. The highest BCUT2D eigenvalue weighted by molar-refractivity contribution is 5.78. The van der Waals surface area contributed by atoms with Crippen molar-refractivity contribution in [3.63, 3.8) is 0 Å². The maximum Gasteiger partial charge on any atom is 0.234 e. The van der Waals surface area contributed by atoms with Crippen LogP contribution < -0.4 is 5.32 Å². The Morgan fingerprint density at radius 1 is 1.36 bits per heavy atom. The molecule has 1 atom stereocenters. The van der Waals surface area contributed by atoms with Crippen molar-refractivity contribution in [2.75, 3.05) is 26.2 Å². The highest BCUT2D eigenvalue weighted by atomic mass is 16.5. The Hall–Kier alpha value is -1.47. The molecule has 0 spiro atoms. The van der Waals surface area contributed by atoms with Crippen molar-refractivity contribution in [1.82, 2.24) is 25.4 Å². The third kappa shape index (κ3) is 5.25. The summed E-state index contributed by atoms with van der Waals surface area (Å²) in [6.07, 6.45) is 6.42. The van der Waals surface area contributed by atoms with Crippen LogP contribution in [0.4, 0.5) is 0 Å². The lowest BCUT2D eigenvalue weighted by atomic mass is 9.87. The molecule has 1 saturated heterocycles. The average molecular weight is 349 g/mol. The predicted molar refractivity (Wildman–Crippen MR) is 95.1 cm³/mol. The Kier molecular flexibility index (Phi) is 6.42. The number of carbonyl (C=O) groups is 1. The number of ether oxygens (including phenoxy) is 1. The number of H-pyrrole nitrogens is 1. The van der Waals surface area contributed by atoms with Crippen molar-refractivity contribution >= 4 is 5.91 Å². The van der Waals surface area contributed by atoms with Gasteiger partial charge in [0.1, 0.15) is 11.9 Å². The van der Waals surface area contributed by atoms with Crippen LogP contribution in [0.1, 0.15) is 63.7 Å². The van der Waals surface area contributed by atoms with Gasteiger partial charge in [0.2, 0.25) is 5.91 Å². The number of aromatic nitrogens is 3. The zero-order valence-corrected chi connectivity index (χ0v) is 15.5. The van der Waals surface area contributed by atoms with Gasteiger partial charge in [-0.25, -0.2) is 4.98 Å². The van der Waals surface area contributed by atoms with E-state index >= 15 is 0 Å². The third-order valence-corrected chi connectivity index (χ3v) is 5.22. The van der Waals surface area contributed by atoms with E-state index in [-0.39, 0.29) is 12.0 Å². The summed E-state index contributed by atoms with van der Waals surface area (Å²) >= 11 is 0. The maximum absolute atomic E-state index is 12.4. The minimum atomic E-state index is -0.154. The SMILES string of the molecule is CCCc1nc([C@H]2CN(CC(=O)NC3CCC(C)CC3)CCO2)n[nH]1. The average Bonchev–Trinajstić information content (AvgIpc) is 3.06. The van der Waals surface area contributed by atoms with E-state index in [4.69, 9.17) is 4.74 Å². The van der Waals surface area contributed by atoms with Crippen LogP contribution in [0.25, 0.3) is 0 Å². The monoisotopic (exact) mass is 349 g/mol. The summed E-state index contributed by atoms with van der Waals surface area (Å²) in [5.41, 5.74) is 0. The van der Waals surface area contributed by atoms with E-state index in [2.05, 4.69) is 39.2 Å². The highest BCUT2D eigenvalue weighted by Gasteiger charge is 2.27. The molecule has 0 radical (unpaired) electrons. The predicted octanol–water partition coefficient (Wildman–Crippen LogP) is 1.83. The number of aryl methyl sites for hydroxylation is 1. The van der Waals surface area contributed by atoms with Gasteiger partial charge in [0.15, 0.2) is 5.82 Å². The van der Waals surface area contributed by atoms with Gasteiger partial charge in [-0.05, 0) is 38.0 Å². The first kappa shape index (κ1) is 18.3. The molecule has 7 heteroatoms. The van der Waals surface area contributed by atoms with Crippen LogP contribution in [0, 0.1) is 5.92 Å². The largest absolute Gasteiger partial charge is 0.367 e. The van der Waals surface area contributed by atoms with Crippen LogP contribution in [0.15, 0.2) is 0 Å². The minimum Gasteiger partial charge on any atom is -0.367 e. The zero-order valence-electron chi connectivity index (χ0n) is 15.5. The molecule has 1 aliphatic carbocycles. The van der Waals surface area contributed by atoms with E-state index in [1.807, 2.05) is 0 Å². The zero-order chi connectivity index (χ0) is 17.6. The maximum atomic E-state index is 12.4. The number of amides is 1. The van der Waals surface area contributed by atoms with Crippen molar-refractivity contribution in [2.24, 2.45) is 5.92 Å². The number of rotatable bonds is 6. The molecule has 1 aliphatic heterocycles. The molecular weight excluding hydrogens is 318 g/mol. The molecule has 2 heterocycles. The second-order valence-electron chi connectivity index (χ2n) is 7.51. The van der Waals surface area contributed by atoms with E-state index in [1.54, 1.807) is 0 Å². The number of aromatic amines is 1. The summed E-state index contributed by atoms with van der Waals surface area (Å²) in [5, 5.41) is 10.5. The van der Waals surface area contributed by atoms with E-state index in [0.717, 1.165) is 44.0 Å². The Bertz CT molecular complexity index is 553. The van der Waals surface area contributed by atoms with Gasteiger partial charge < -0.3 is 10.1 Å². The summed E-state index contributed by atoms with van der Waals surface area (Å²) < 4.78 is 5.81. The van der Waals surface area contributed by atoms with Crippen LogP contribution in [-0.4, -0.2) is 58.3 Å². The number of hydrogen-bond acceptors (Lipinski definition) is 5. The summed E-state index contributed by atoms with van der Waals surface area (Å²) in [4.78, 5) is 19.0. The Balaban J connectivity index is 1.46. The summed E-state index contributed by atoms with van der Waals surface area (Å²) in [5.74, 6) is 2.53.